The van der Waals surface area contributed by atoms with Crippen molar-refractivity contribution < 1.29 is 14.5 Å². The Kier molecular flexibility index (Phi) is 5.36. The second-order valence-corrected chi connectivity index (χ2v) is 7.52. The molecule has 0 fully saturated rings. The van der Waals surface area contributed by atoms with E-state index in [1.807, 2.05) is 51.1 Å². The molecular weight excluding hydrogens is 372 g/mol. The highest BCUT2D eigenvalue weighted by Crippen LogP contribution is 2.31. The smallest absolute Gasteiger partial charge is 0.271 e. The van der Waals surface area contributed by atoms with Crippen molar-refractivity contribution in [1.29, 1.82) is 0 Å². The lowest BCUT2D eigenvalue weighted by atomic mass is 9.89. The van der Waals surface area contributed by atoms with Crippen LogP contribution >= 0.6 is 0 Å². The van der Waals surface area contributed by atoms with Crippen molar-refractivity contribution in [2.45, 2.75) is 26.2 Å². The molecule has 8 nitrogen and oxygen atoms in total. The molecule has 1 N–H and O–H groups in total. The van der Waals surface area contributed by atoms with Gasteiger partial charge in [-0.1, -0.05) is 39.0 Å². The summed E-state index contributed by atoms with van der Waals surface area (Å²) in [6.07, 6.45) is 1.66. The number of benzene rings is 2. The van der Waals surface area contributed by atoms with E-state index >= 15 is 0 Å². The number of nitrogens with zero attached hydrogens (tertiary/aromatic N) is 3. The maximum absolute atomic E-state index is 13.1. The van der Waals surface area contributed by atoms with Gasteiger partial charge in [-0.05, 0) is 18.2 Å². The largest absolute Gasteiger partial charge is 0.495 e. The standard InChI is InChI=1S/C21H22N4O4/c1-21(2,3)19-16(13-24(23-19)14-8-6-5-7-9-14)20(26)22-17-12-15(25(27)28)10-11-18(17)29-4/h5-13H,1-4H3,(H,22,26). The Hall–Kier alpha value is -3.68. The van der Waals surface area contributed by atoms with Gasteiger partial charge in [0.2, 0.25) is 0 Å². The predicted octanol–water partition coefficient (Wildman–Crippen LogP) is 4.34. The minimum Gasteiger partial charge on any atom is -0.495 e. The summed E-state index contributed by atoms with van der Waals surface area (Å²) in [7, 11) is 1.44. The molecule has 0 radical (unpaired) electrons. The van der Waals surface area contributed by atoms with E-state index in [1.54, 1.807) is 10.9 Å². The number of aromatic nitrogens is 2. The molecule has 0 aliphatic heterocycles. The highest BCUT2D eigenvalue weighted by molar-refractivity contribution is 6.06. The van der Waals surface area contributed by atoms with Crippen LogP contribution in [0.2, 0.25) is 0 Å². The van der Waals surface area contributed by atoms with Gasteiger partial charge < -0.3 is 10.1 Å². The fraction of sp³-hybridized carbons (Fsp3) is 0.238. The average molecular weight is 394 g/mol. The zero-order valence-electron chi connectivity index (χ0n) is 16.7. The summed E-state index contributed by atoms with van der Waals surface area (Å²) in [4.78, 5) is 23.7. The first kappa shape index (κ1) is 20.1. The normalized spacial score (nSPS) is 11.2. The molecule has 0 unspecified atom stereocenters. The van der Waals surface area contributed by atoms with Gasteiger partial charge in [-0.15, -0.1) is 0 Å². The molecule has 2 aromatic carbocycles. The first-order valence-corrected chi connectivity index (χ1v) is 9.00. The van der Waals surface area contributed by atoms with Gasteiger partial charge in [-0.2, -0.15) is 5.10 Å². The number of ether oxygens (including phenoxy) is 1. The quantitative estimate of drug-likeness (QED) is 0.513. The fourth-order valence-electron chi connectivity index (χ4n) is 2.90. The van der Waals surface area contributed by atoms with Crippen molar-refractivity contribution in [2.75, 3.05) is 12.4 Å². The lowest BCUT2D eigenvalue weighted by molar-refractivity contribution is -0.384. The van der Waals surface area contributed by atoms with Crippen LogP contribution in [0.4, 0.5) is 11.4 Å². The molecule has 0 atom stereocenters. The van der Waals surface area contributed by atoms with Gasteiger partial charge in [0.1, 0.15) is 5.75 Å². The third-order valence-corrected chi connectivity index (χ3v) is 4.33. The molecular formula is C21H22N4O4. The average Bonchev–Trinajstić information content (AvgIpc) is 3.15. The van der Waals surface area contributed by atoms with E-state index in [1.165, 1.54) is 25.3 Å². The first-order chi connectivity index (χ1) is 13.7. The number of nitrogens with one attached hydrogen (secondary N) is 1. The first-order valence-electron chi connectivity index (χ1n) is 9.00. The van der Waals surface area contributed by atoms with Gasteiger partial charge in [0.25, 0.3) is 11.6 Å². The predicted molar refractivity (Wildman–Crippen MR) is 110 cm³/mol. The number of non-ortho nitro benzene ring substituents is 1. The van der Waals surface area contributed by atoms with Crippen LogP contribution in [0.3, 0.4) is 0 Å². The summed E-state index contributed by atoms with van der Waals surface area (Å²) >= 11 is 0. The Balaban J connectivity index is 2.02. The van der Waals surface area contributed by atoms with Crippen LogP contribution in [-0.2, 0) is 5.41 Å². The Morgan fingerprint density at radius 3 is 2.45 bits per heavy atom. The number of anilines is 1. The molecule has 0 aliphatic carbocycles. The van der Waals surface area contributed by atoms with E-state index in [-0.39, 0.29) is 16.8 Å². The lowest BCUT2D eigenvalue weighted by Crippen LogP contribution is -2.20. The van der Waals surface area contributed by atoms with Crippen molar-refractivity contribution in [3.63, 3.8) is 0 Å². The summed E-state index contributed by atoms with van der Waals surface area (Å²) in [5, 5.41) is 18.4. The van der Waals surface area contributed by atoms with Gasteiger partial charge in [0, 0.05) is 23.7 Å². The Bertz CT molecular complexity index is 1050. The zero-order chi connectivity index (χ0) is 21.2. The summed E-state index contributed by atoms with van der Waals surface area (Å²) in [5.41, 5.74) is 1.51. The van der Waals surface area contributed by atoms with E-state index in [9.17, 15) is 14.9 Å². The number of rotatable bonds is 5. The Labute approximate surface area is 168 Å². The number of hydrogen-bond acceptors (Lipinski definition) is 5. The Morgan fingerprint density at radius 2 is 1.86 bits per heavy atom. The van der Waals surface area contributed by atoms with Crippen LogP contribution in [0.5, 0.6) is 5.75 Å². The van der Waals surface area contributed by atoms with Gasteiger partial charge >= 0.3 is 0 Å². The summed E-state index contributed by atoms with van der Waals surface area (Å²) in [5.74, 6) is -0.0902. The van der Waals surface area contributed by atoms with Crippen LogP contribution in [0, 0.1) is 10.1 Å². The molecule has 3 aromatic rings. The number of nitro groups is 1. The van der Waals surface area contributed by atoms with E-state index in [4.69, 9.17) is 4.74 Å². The SMILES string of the molecule is COc1ccc([N+](=O)[O-])cc1NC(=O)c1cn(-c2ccccc2)nc1C(C)(C)C. The number of amides is 1. The van der Waals surface area contributed by atoms with Crippen LogP contribution in [-0.4, -0.2) is 27.7 Å². The lowest BCUT2D eigenvalue weighted by Gasteiger charge is -2.17. The van der Waals surface area contributed by atoms with Gasteiger partial charge in [0.15, 0.2) is 0 Å². The number of para-hydroxylation sites is 1. The van der Waals surface area contributed by atoms with Crippen molar-refractivity contribution in [2.24, 2.45) is 0 Å². The van der Waals surface area contributed by atoms with Gasteiger partial charge in [-0.25, -0.2) is 4.68 Å². The van der Waals surface area contributed by atoms with Crippen molar-refractivity contribution in [3.8, 4) is 11.4 Å². The van der Waals surface area contributed by atoms with Crippen molar-refractivity contribution in [3.05, 3.63) is 76.1 Å². The highest BCUT2D eigenvalue weighted by Gasteiger charge is 2.27. The van der Waals surface area contributed by atoms with E-state index in [0.29, 0.717) is 17.0 Å². The molecule has 150 valence electrons. The number of nitro benzene ring substituents is 1. The van der Waals surface area contributed by atoms with Crippen LogP contribution in [0.1, 0.15) is 36.8 Å². The van der Waals surface area contributed by atoms with E-state index in [0.717, 1.165) is 5.69 Å². The molecule has 3 rings (SSSR count). The second-order valence-electron chi connectivity index (χ2n) is 7.52. The van der Waals surface area contributed by atoms with Crippen LogP contribution < -0.4 is 10.1 Å². The number of carbonyl (C=O) groups is 1. The van der Waals surface area contributed by atoms with Crippen LogP contribution in [0.25, 0.3) is 5.69 Å². The molecule has 0 aliphatic rings. The van der Waals surface area contributed by atoms with Gasteiger partial charge in [0.05, 0.1) is 34.7 Å². The topological polar surface area (TPSA) is 99.3 Å². The molecule has 0 spiro atoms. The summed E-state index contributed by atoms with van der Waals surface area (Å²) < 4.78 is 6.88. The molecule has 1 aromatic heterocycles. The third-order valence-electron chi connectivity index (χ3n) is 4.33. The molecule has 0 saturated heterocycles. The Morgan fingerprint density at radius 1 is 1.17 bits per heavy atom. The zero-order valence-corrected chi connectivity index (χ0v) is 16.7. The molecule has 1 heterocycles. The van der Waals surface area contributed by atoms with E-state index in [2.05, 4.69) is 10.4 Å². The summed E-state index contributed by atoms with van der Waals surface area (Å²) in [6, 6.07) is 13.5. The molecule has 1 amide bonds. The third kappa shape index (κ3) is 4.26. The van der Waals surface area contributed by atoms with Crippen LogP contribution in [0.15, 0.2) is 54.7 Å². The maximum Gasteiger partial charge on any atom is 0.271 e. The van der Waals surface area contributed by atoms with Crippen molar-refractivity contribution in [1.82, 2.24) is 9.78 Å². The highest BCUT2D eigenvalue weighted by atomic mass is 16.6. The molecule has 8 heteroatoms. The molecule has 0 saturated carbocycles. The molecule has 0 bridgehead atoms. The van der Waals surface area contributed by atoms with Gasteiger partial charge in [-0.3, -0.25) is 14.9 Å². The fourth-order valence-corrected chi connectivity index (χ4v) is 2.90. The minimum atomic E-state index is -0.525. The number of hydrogen-bond donors (Lipinski definition) is 1. The van der Waals surface area contributed by atoms with E-state index < -0.39 is 10.8 Å². The number of carbonyl (C=O) groups excluding carboxylic acids is 1. The maximum atomic E-state index is 13.1. The second kappa shape index (κ2) is 7.75. The molecule has 29 heavy (non-hydrogen) atoms. The monoisotopic (exact) mass is 394 g/mol. The summed E-state index contributed by atoms with van der Waals surface area (Å²) in [6.45, 7) is 5.90. The minimum absolute atomic E-state index is 0.142. The van der Waals surface area contributed by atoms with Crippen molar-refractivity contribution >= 4 is 17.3 Å². The number of methoxy groups -OCH3 is 1.